The van der Waals surface area contributed by atoms with Crippen molar-refractivity contribution >= 4 is 17.7 Å². The summed E-state index contributed by atoms with van der Waals surface area (Å²) in [5, 5.41) is 0. The van der Waals surface area contributed by atoms with E-state index in [9.17, 15) is 0 Å². The second-order valence-corrected chi connectivity index (χ2v) is 4.54. The molecule has 0 atom stereocenters. The third-order valence-corrected chi connectivity index (χ3v) is 3.18. The Morgan fingerprint density at radius 3 is 2.47 bits per heavy atom. The van der Waals surface area contributed by atoms with Gasteiger partial charge in [0.1, 0.15) is 11.5 Å². The molecule has 0 fully saturated rings. The van der Waals surface area contributed by atoms with E-state index in [2.05, 4.69) is 19.1 Å². The minimum Gasteiger partial charge on any atom is -0.457 e. The van der Waals surface area contributed by atoms with E-state index < -0.39 is 0 Å². The van der Waals surface area contributed by atoms with E-state index in [-0.39, 0.29) is 0 Å². The summed E-state index contributed by atoms with van der Waals surface area (Å²) in [6, 6.07) is 17.8. The van der Waals surface area contributed by atoms with E-state index in [1.165, 1.54) is 5.57 Å². The molecule has 2 rings (SSSR count). The third-order valence-electron chi connectivity index (χ3n) is 2.83. The largest absolute Gasteiger partial charge is 0.457 e. The molecule has 0 radical (unpaired) electrons. The van der Waals surface area contributed by atoms with Crippen LogP contribution in [-0.4, -0.2) is 5.88 Å². The molecular weight excluding hydrogens is 256 g/mol. The Morgan fingerprint density at radius 2 is 1.79 bits per heavy atom. The van der Waals surface area contributed by atoms with Gasteiger partial charge in [0.25, 0.3) is 0 Å². The normalized spacial score (nSPS) is 11.4. The number of allylic oxidation sites excluding steroid dienone is 1. The number of ether oxygens (including phenoxy) is 1. The zero-order valence-electron chi connectivity index (χ0n) is 11.0. The SMILES string of the molecule is CCC(=Cc1cccc(Oc2ccccc2)c1)CCl. The highest BCUT2D eigenvalue weighted by Gasteiger charge is 1.98. The molecule has 0 aliphatic heterocycles. The smallest absolute Gasteiger partial charge is 0.128 e. The Labute approximate surface area is 119 Å². The number of alkyl halides is 1. The van der Waals surface area contributed by atoms with Crippen molar-refractivity contribution in [3.63, 3.8) is 0 Å². The van der Waals surface area contributed by atoms with Gasteiger partial charge in [-0.3, -0.25) is 0 Å². The second kappa shape index (κ2) is 7.01. The Hall–Kier alpha value is -1.73. The first-order valence-electron chi connectivity index (χ1n) is 6.40. The van der Waals surface area contributed by atoms with Crippen LogP contribution < -0.4 is 4.74 Å². The van der Waals surface area contributed by atoms with Crippen LogP contribution in [0, 0.1) is 0 Å². The molecule has 0 amide bonds. The maximum Gasteiger partial charge on any atom is 0.128 e. The zero-order valence-corrected chi connectivity index (χ0v) is 11.7. The Bertz CT molecular complexity index is 540. The van der Waals surface area contributed by atoms with Crippen LogP contribution in [0.1, 0.15) is 18.9 Å². The van der Waals surface area contributed by atoms with Crippen molar-refractivity contribution in [2.75, 3.05) is 5.88 Å². The molecule has 0 bridgehead atoms. The quantitative estimate of drug-likeness (QED) is 0.652. The third kappa shape index (κ3) is 4.15. The lowest BCUT2D eigenvalue weighted by atomic mass is 10.1. The summed E-state index contributed by atoms with van der Waals surface area (Å²) in [4.78, 5) is 0. The van der Waals surface area contributed by atoms with Crippen molar-refractivity contribution < 1.29 is 4.74 Å². The predicted molar refractivity (Wildman–Crippen MR) is 81.9 cm³/mol. The van der Waals surface area contributed by atoms with Crippen LogP contribution in [0.2, 0.25) is 0 Å². The Morgan fingerprint density at radius 1 is 1.05 bits per heavy atom. The molecule has 0 unspecified atom stereocenters. The molecule has 0 saturated heterocycles. The molecule has 98 valence electrons. The summed E-state index contributed by atoms with van der Waals surface area (Å²) in [6.45, 7) is 2.11. The van der Waals surface area contributed by atoms with Gasteiger partial charge >= 0.3 is 0 Å². The fourth-order valence-electron chi connectivity index (χ4n) is 1.76. The van der Waals surface area contributed by atoms with Crippen LogP contribution in [0.15, 0.2) is 60.2 Å². The van der Waals surface area contributed by atoms with Gasteiger partial charge in [-0.05, 0) is 36.2 Å². The number of benzene rings is 2. The van der Waals surface area contributed by atoms with Crippen LogP contribution in [0.5, 0.6) is 11.5 Å². The van der Waals surface area contributed by atoms with Gasteiger partial charge in [0.15, 0.2) is 0 Å². The van der Waals surface area contributed by atoms with E-state index in [4.69, 9.17) is 16.3 Å². The minimum absolute atomic E-state index is 0.570. The van der Waals surface area contributed by atoms with E-state index in [0.717, 1.165) is 23.5 Å². The predicted octanol–water partition coefficient (Wildman–Crippen LogP) is 5.51. The number of hydrogen-bond acceptors (Lipinski definition) is 1. The highest BCUT2D eigenvalue weighted by Crippen LogP contribution is 2.23. The molecule has 2 aromatic rings. The number of halogens is 1. The van der Waals surface area contributed by atoms with Crippen molar-refractivity contribution in [1.82, 2.24) is 0 Å². The first kappa shape index (κ1) is 13.7. The topological polar surface area (TPSA) is 9.23 Å². The lowest BCUT2D eigenvalue weighted by Gasteiger charge is -2.06. The van der Waals surface area contributed by atoms with Crippen molar-refractivity contribution in [1.29, 1.82) is 0 Å². The average Bonchev–Trinajstić information content (AvgIpc) is 2.46. The first-order valence-corrected chi connectivity index (χ1v) is 6.93. The van der Waals surface area contributed by atoms with Crippen LogP contribution in [0.25, 0.3) is 6.08 Å². The molecule has 2 aromatic carbocycles. The van der Waals surface area contributed by atoms with Gasteiger partial charge in [0.2, 0.25) is 0 Å². The van der Waals surface area contributed by atoms with Crippen LogP contribution in [0.4, 0.5) is 0 Å². The Kier molecular flexibility index (Phi) is 5.05. The first-order chi connectivity index (χ1) is 9.31. The summed E-state index contributed by atoms with van der Waals surface area (Å²) in [5.41, 5.74) is 2.34. The molecule has 0 aromatic heterocycles. The molecule has 19 heavy (non-hydrogen) atoms. The zero-order chi connectivity index (χ0) is 13.5. The van der Waals surface area contributed by atoms with Gasteiger partial charge in [-0.2, -0.15) is 0 Å². The maximum atomic E-state index is 5.89. The molecule has 0 heterocycles. The van der Waals surface area contributed by atoms with Crippen molar-refractivity contribution in [3.8, 4) is 11.5 Å². The monoisotopic (exact) mass is 272 g/mol. The summed E-state index contributed by atoms with van der Waals surface area (Å²) >= 11 is 5.89. The van der Waals surface area contributed by atoms with Gasteiger partial charge < -0.3 is 4.74 Å². The molecular formula is C17H17ClO. The van der Waals surface area contributed by atoms with Crippen LogP contribution in [0.3, 0.4) is 0 Å². The molecule has 0 aliphatic carbocycles. The molecule has 1 nitrogen and oxygen atoms in total. The van der Waals surface area contributed by atoms with Gasteiger partial charge in [-0.15, -0.1) is 11.6 Å². The van der Waals surface area contributed by atoms with E-state index >= 15 is 0 Å². The summed E-state index contributed by atoms with van der Waals surface area (Å²) < 4.78 is 5.81. The minimum atomic E-state index is 0.570. The standard InChI is InChI=1S/C17H17ClO/c1-2-14(13-18)11-15-7-6-10-17(12-15)19-16-8-4-3-5-9-16/h3-12H,2,13H2,1H3. The van der Waals surface area contributed by atoms with E-state index in [1.54, 1.807) is 0 Å². The second-order valence-electron chi connectivity index (χ2n) is 4.28. The molecule has 0 spiro atoms. The average molecular weight is 273 g/mol. The fourth-order valence-corrected chi connectivity index (χ4v) is 2.03. The Balaban J connectivity index is 2.18. The molecule has 0 aliphatic rings. The summed E-state index contributed by atoms with van der Waals surface area (Å²) in [7, 11) is 0. The fraction of sp³-hybridized carbons (Fsp3) is 0.176. The highest BCUT2D eigenvalue weighted by atomic mass is 35.5. The van der Waals surface area contributed by atoms with Gasteiger partial charge in [-0.25, -0.2) is 0 Å². The highest BCUT2D eigenvalue weighted by molar-refractivity contribution is 6.19. The van der Waals surface area contributed by atoms with Gasteiger partial charge in [0, 0.05) is 5.88 Å². The number of rotatable bonds is 5. The maximum absolute atomic E-state index is 5.89. The molecule has 0 N–H and O–H groups in total. The van der Waals surface area contributed by atoms with E-state index in [0.29, 0.717) is 5.88 Å². The molecule has 0 saturated carbocycles. The summed E-state index contributed by atoms with van der Waals surface area (Å²) in [5.74, 6) is 2.25. The lowest BCUT2D eigenvalue weighted by Crippen LogP contribution is -1.86. The van der Waals surface area contributed by atoms with Gasteiger partial charge in [-0.1, -0.05) is 48.9 Å². The number of hydrogen-bond donors (Lipinski definition) is 0. The van der Waals surface area contributed by atoms with E-state index in [1.807, 2.05) is 48.5 Å². The van der Waals surface area contributed by atoms with Crippen LogP contribution >= 0.6 is 11.6 Å². The van der Waals surface area contributed by atoms with Crippen molar-refractivity contribution in [2.45, 2.75) is 13.3 Å². The van der Waals surface area contributed by atoms with Gasteiger partial charge in [0.05, 0.1) is 0 Å². The molecule has 2 heteroatoms. The lowest BCUT2D eigenvalue weighted by molar-refractivity contribution is 0.482. The summed E-state index contributed by atoms with van der Waals surface area (Å²) in [6.07, 6.45) is 3.08. The van der Waals surface area contributed by atoms with Crippen LogP contribution in [-0.2, 0) is 0 Å². The number of para-hydroxylation sites is 1. The van der Waals surface area contributed by atoms with Crippen molar-refractivity contribution in [3.05, 3.63) is 65.7 Å². The van der Waals surface area contributed by atoms with Crippen molar-refractivity contribution in [2.24, 2.45) is 0 Å².